The van der Waals surface area contributed by atoms with E-state index in [0.717, 1.165) is 17.3 Å². The predicted octanol–water partition coefficient (Wildman–Crippen LogP) is 2.38. The highest BCUT2D eigenvalue weighted by Gasteiger charge is 2.07. The van der Waals surface area contributed by atoms with Gasteiger partial charge in [0.2, 0.25) is 0 Å². The lowest BCUT2D eigenvalue weighted by Crippen LogP contribution is -2.23. The summed E-state index contributed by atoms with van der Waals surface area (Å²) in [4.78, 5) is 3.95. The molecule has 3 aromatic rings. The van der Waals surface area contributed by atoms with Crippen molar-refractivity contribution in [1.29, 1.82) is 0 Å². The molecule has 0 amide bonds. The fourth-order valence-electron chi connectivity index (χ4n) is 2.25. The van der Waals surface area contributed by atoms with Crippen molar-refractivity contribution < 1.29 is 4.39 Å². The summed E-state index contributed by atoms with van der Waals surface area (Å²) in [5.74, 6) is -0.208. The number of hydrogen-bond acceptors (Lipinski definition) is 2. The monoisotopic (exact) mass is 295 g/mol. The standard InChI is InChI=1S/C16H14FN3Si/c1-12-15(13-5-7-14(17)8-6-13)3-2-4-16(12)21-11-20-10-18-9-19-20/h2-10H,11H2,1H3. The van der Waals surface area contributed by atoms with Gasteiger partial charge in [0.15, 0.2) is 0 Å². The van der Waals surface area contributed by atoms with Gasteiger partial charge >= 0.3 is 0 Å². The molecule has 0 unspecified atom stereocenters. The maximum absolute atomic E-state index is 13.0. The molecule has 0 saturated heterocycles. The van der Waals surface area contributed by atoms with Crippen LogP contribution in [0.15, 0.2) is 55.1 Å². The molecule has 2 radical (unpaired) electrons. The van der Waals surface area contributed by atoms with Crippen LogP contribution in [0.2, 0.25) is 0 Å². The fraction of sp³-hybridized carbons (Fsp3) is 0.125. The highest BCUT2D eigenvalue weighted by atomic mass is 28.2. The molecular weight excluding hydrogens is 281 g/mol. The minimum Gasteiger partial charge on any atom is -0.256 e. The summed E-state index contributed by atoms with van der Waals surface area (Å²) in [6.45, 7) is 2.11. The van der Waals surface area contributed by atoms with Crippen LogP contribution >= 0.6 is 0 Å². The van der Waals surface area contributed by atoms with Crippen molar-refractivity contribution >= 4 is 14.7 Å². The van der Waals surface area contributed by atoms with Gasteiger partial charge in [-0.3, -0.25) is 4.68 Å². The molecule has 104 valence electrons. The van der Waals surface area contributed by atoms with Gasteiger partial charge in [-0.1, -0.05) is 35.5 Å². The van der Waals surface area contributed by atoms with Gasteiger partial charge in [-0.05, 0) is 35.7 Å². The normalized spacial score (nSPS) is 10.8. The number of benzene rings is 2. The van der Waals surface area contributed by atoms with E-state index in [2.05, 4.69) is 35.2 Å². The molecular formula is C16H14FN3Si. The van der Waals surface area contributed by atoms with E-state index in [1.807, 2.05) is 16.8 Å². The zero-order chi connectivity index (χ0) is 14.7. The van der Waals surface area contributed by atoms with Gasteiger partial charge in [0.1, 0.15) is 28.0 Å². The minimum absolute atomic E-state index is 0.208. The third-order valence-corrected chi connectivity index (χ3v) is 4.79. The Balaban J connectivity index is 1.86. The maximum atomic E-state index is 13.0. The van der Waals surface area contributed by atoms with E-state index in [1.54, 1.807) is 12.7 Å². The highest BCUT2D eigenvalue weighted by molar-refractivity contribution is 6.53. The summed E-state index contributed by atoms with van der Waals surface area (Å²) in [7, 11) is 0.623. The summed E-state index contributed by atoms with van der Waals surface area (Å²) in [5, 5.41) is 5.42. The Morgan fingerprint density at radius 1 is 1.14 bits per heavy atom. The van der Waals surface area contributed by atoms with Crippen molar-refractivity contribution in [2.45, 2.75) is 13.1 Å². The lowest BCUT2D eigenvalue weighted by molar-refractivity contribution is 0.628. The van der Waals surface area contributed by atoms with E-state index in [1.165, 1.54) is 22.9 Å². The SMILES string of the molecule is Cc1c([Si]Cn2cncn2)cccc1-c1ccc(F)cc1. The van der Waals surface area contributed by atoms with E-state index in [9.17, 15) is 4.39 Å². The van der Waals surface area contributed by atoms with Crippen molar-refractivity contribution in [3.8, 4) is 11.1 Å². The van der Waals surface area contributed by atoms with Crippen molar-refractivity contribution in [2.24, 2.45) is 0 Å². The average molecular weight is 295 g/mol. The van der Waals surface area contributed by atoms with Crippen molar-refractivity contribution in [1.82, 2.24) is 14.8 Å². The van der Waals surface area contributed by atoms with Crippen LogP contribution in [-0.2, 0) is 6.17 Å². The molecule has 0 bridgehead atoms. The van der Waals surface area contributed by atoms with Crippen LogP contribution in [0.25, 0.3) is 11.1 Å². The van der Waals surface area contributed by atoms with Crippen LogP contribution in [0.4, 0.5) is 4.39 Å². The molecule has 2 aromatic carbocycles. The number of halogens is 1. The lowest BCUT2D eigenvalue weighted by Gasteiger charge is -2.11. The summed E-state index contributed by atoms with van der Waals surface area (Å²) < 4.78 is 14.9. The molecule has 1 aromatic heterocycles. The van der Waals surface area contributed by atoms with Crippen LogP contribution in [0, 0.1) is 12.7 Å². The summed E-state index contributed by atoms with van der Waals surface area (Å²) in [5.41, 5.74) is 3.43. The van der Waals surface area contributed by atoms with Gasteiger partial charge in [0, 0.05) is 6.17 Å². The summed E-state index contributed by atoms with van der Waals surface area (Å²) in [6.07, 6.45) is 4.10. The van der Waals surface area contributed by atoms with Crippen LogP contribution < -0.4 is 5.19 Å². The third-order valence-electron chi connectivity index (χ3n) is 3.39. The fourth-order valence-corrected chi connectivity index (χ4v) is 3.36. The second-order valence-electron chi connectivity index (χ2n) is 4.75. The van der Waals surface area contributed by atoms with E-state index in [4.69, 9.17) is 0 Å². The molecule has 0 aliphatic heterocycles. The molecule has 21 heavy (non-hydrogen) atoms. The van der Waals surface area contributed by atoms with E-state index < -0.39 is 0 Å². The van der Waals surface area contributed by atoms with E-state index >= 15 is 0 Å². The Hall–Kier alpha value is -2.27. The Morgan fingerprint density at radius 3 is 2.67 bits per heavy atom. The second kappa shape index (κ2) is 6.01. The first kappa shape index (κ1) is 13.7. The molecule has 0 aliphatic rings. The quantitative estimate of drug-likeness (QED) is 0.692. The zero-order valence-corrected chi connectivity index (χ0v) is 12.6. The third kappa shape index (κ3) is 3.08. The molecule has 0 atom stereocenters. The average Bonchev–Trinajstić information content (AvgIpc) is 3.01. The first-order valence-electron chi connectivity index (χ1n) is 6.66. The molecule has 0 saturated carbocycles. The number of nitrogens with zero attached hydrogens (tertiary/aromatic N) is 3. The van der Waals surface area contributed by atoms with Crippen LogP contribution in [0.3, 0.4) is 0 Å². The lowest BCUT2D eigenvalue weighted by atomic mass is 10.0. The molecule has 1 heterocycles. The van der Waals surface area contributed by atoms with Gasteiger partial charge in [0.25, 0.3) is 0 Å². The van der Waals surface area contributed by atoms with Gasteiger partial charge in [-0.25, -0.2) is 9.37 Å². The largest absolute Gasteiger partial charge is 0.256 e. The molecule has 5 heteroatoms. The van der Waals surface area contributed by atoms with Gasteiger partial charge < -0.3 is 0 Å². The smallest absolute Gasteiger partial charge is 0.137 e. The molecule has 3 nitrogen and oxygen atoms in total. The van der Waals surface area contributed by atoms with Crippen molar-refractivity contribution in [3.63, 3.8) is 0 Å². The Morgan fingerprint density at radius 2 is 1.95 bits per heavy atom. The zero-order valence-electron chi connectivity index (χ0n) is 11.6. The maximum Gasteiger partial charge on any atom is 0.137 e. The Kier molecular flexibility index (Phi) is 3.92. The first-order valence-corrected chi connectivity index (χ1v) is 7.86. The predicted molar refractivity (Wildman–Crippen MR) is 82.0 cm³/mol. The summed E-state index contributed by atoms with van der Waals surface area (Å²) >= 11 is 0. The van der Waals surface area contributed by atoms with Crippen LogP contribution in [0.1, 0.15) is 5.56 Å². The molecule has 0 fully saturated rings. The van der Waals surface area contributed by atoms with E-state index in [-0.39, 0.29) is 5.82 Å². The van der Waals surface area contributed by atoms with Crippen molar-refractivity contribution in [2.75, 3.05) is 0 Å². The molecule has 0 N–H and O–H groups in total. The van der Waals surface area contributed by atoms with Crippen LogP contribution in [0.5, 0.6) is 0 Å². The summed E-state index contributed by atoms with van der Waals surface area (Å²) in [6, 6.07) is 12.9. The minimum atomic E-state index is -0.208. The van der Waals surface area contributed by atoms with Gasteiger partial charge in [-0.2, -0.15) is 5.10 Å². The number of aromatic nitrogens is 3. The van der Waals surface area contributed by atoms with Crippen LogP contribution in [-0.4, -0.2) is 24.3 Å². The Labute approximate surface area is 125 Å². The van der Waals surface area contributed by atoms with E-state index in [0.29, 0.717) is 9.52 Å². The topological polar surface area (TPSA) is 30.7 Å². The molecule has 3 rings (SSSR count). The molecule has 0 spiro atoms. The van der Waals surface area contributed by atoms with Crippen molar-refractivity contribution in [3.05, 3.63) is 66.5 Å². The highest BCUT2D eigenvalue weighted by Crippen LogP contribution is 2.22. The van der Waals surface area contributed by atoms with Gasteiger partial charge in [0.05, 0.1) is 0 Å². The number of hydrogen-bond donors (Lipinski definition) is 0. The first-order chi connectivity index (χ1) is 10.2. The number of rotatable bonds is 4. The second-order valence-corrected chi connectivity index (χ2v) is 5.96. The van der Waals surface area contributed by atoms with Gasteiger partial charge in [-0.15, -0.1) is 0 Å². The Bertz CT molecular complexity index is 724. The molecule has 0 aliphatic carbocycles.